The predicted octanol–water partition coefficient (Wildman–Crippen LogP) is 2.73. The number of carboxylic acid groups (broad SMARTS) is 1. The molecule has 1 aromatic heterocycles. The van der Waals surface area contributed by atoms with E-state index in [-0.39, 0.29) is 12.5 Å². The standard InChI is InChI=1S/C18H23N3O3/c1-5-8-20(11-17(22)23)18(24)15-10-19-21(14(15)4)16-9-12(2)6-7-13(16)3/h6-7,9-10H,5,8,11H2,1-4H3,(H,22,23). The van der Waals surface area contributed by atoms with Gasteiger partial charge in [-0.05, 0) is 44.4 Å². The number of carbonyl (C=O) groups is 2. The van der Waals surface area contributed by atoms with Gasteiger partial charge >= 0.3 is 5.97 Å². The summed E-state index contributed by atoms with van der Waals surface area (Å²) >= 11 is 0. The van der Waals surface area contributed by atoms with E-state index >= 15 is 0 Å². The van der Waals surface area contributed by atoms with Crippen LogP contribution in [0, 0.1) is 20.8 Å². The molecule has 0 unspecified atom stereocenters. The fourth-order valence-corrected chi connectivity index (χ4v) is 2.67. The maximum Gasteiger partial charge on any atom is 0.323 e. The van der Waals surface area contributed by atoms with Crippen LogP contribution in [0.4, 0.5) is 0 Å². The average Bonchev–Trinajstić information content (AvgIpc) is 2.89. The third kappa shape index (κ3) is 3.64. The molecule has 1 heterocycles. The van der Waals surface area contributed by atoms with Gasteiger partial charge in [0, 0.05) is 6.54 Å². The number of carboxylic acids is 1. The van der Waals surface area contributed by atoms with Crippen molar-refractivity contribution in [3.8, 4) is 5.69 Å². The fraction of sp³-hybridized carbons (Fsp3) is 0.389. The van der Waals surface area contributed by atoms with E-state index in [4.69, 9.17) is 5.11 Å². The van der Waals surface area contributed by atoms with E-state index < -0.39 is 5.97 Å². The summed E-state index contributed by atoms with van der Waals surface area (Å²) in [4.78, 5) is 25.0. The second-order valence-corrected chi connectivity index (χ2v) is 5.97. The second-order valence-electron chi connectivity index (χ2n) is 5.97. The summed E-state index contributed by atoms with van der Waals surface area (Å²) < 4.78 is 1.74. The lowest BCUT2D eigenvalue weighted by atomic mass is 10.1. The van der Waals surface area contributed by atoms with Crippen molar-refractivity contribution in [2.45, 2.75) is 34.1 Å². The van der Waals surface area contributed by atoms with Crippen LogP contribution in [0.5, 0.6) is 0 Å². The van der Waals surface area contributed by atoms with Gasteiger partial charge in [0.25, 0.3) is 5.91 Å². The van der Waals surface area contributed by atoms with Crippen LogP contribution in [-0.4, -0.2) is 44.8 Å². The predicted molar refractivity (Wildman–Crippen MR) is 91.6 cm³/mol. The molecule has 6 nitrogen and oxygen atoms in total. The Morgan fingerprint density at radius 3 is 2.58 bits per heavy atom. The van der Waals surface area contributed by atoms with Gasteiger partial charge in [0.05, 0.1) is 23.1 Å². The summed E-state index contributed by atoms with van der Waals surface area (Å²) in [5, 5.41) is 13.4. The molecule has 128 valence electrons. The monoisotopic (exact) mass is 329 g/mol. The van der Waals surface area contributed by atoms with E-state index in [1.165, 1.54) is 11.1 Å². The Labute approximate surface area is 141 Å². The molecule has 6 heteroatoms. The number of aromatic nitrogens is 2. The molecular formula is C18H23N3O3. The van der Waals surface area contributed by atoms with Crippen LogP contribution in [0.15, 0.2) is 24.4 Å². The molecule has 0 bridgehead atoms. The molecule has 0 aliphatic heterocycles. The number of carbonyl (C=O) groups excluding carboxylic acids is 1. The second kappa shape index (κ2) is 7.29. The lowest BCUT2D eigenvalue weighted by Crippen LogP contribution is -2.36. The van der Waals surface area contributed by atoms with Gasteiger partial charge in [-0.15, -0.1) is 0 Å². The molecule has 2 rings (SSSR count). The van der Waals surface area contributed by atoms with Crippen molar-refractivity contribution in [3.05, 3.63) is 46.8 Å². The lowest BCUT2D eigenvalue weighted by Gasteiger charge is -2.19. The average molecular weight is 329 g/mol. The zero-order valence-corrected chi connectivity index (χ0v) is 14.5. The van der Waals surface area contributed by atoms with E-state index in [0.29, 0.717) is 24.2 Å². The molecule has 1 amide bonds. The van der Waals surface area contributed by atoms with Gasteiger partial charge in [0.1, 0.15) is 6.54 Å². The number of nitrogens with zero attached hydrogens (tertiary/aromatic N) is 3. The molecule has 24 heavy (non-hydrogen) atoms. The van der Waals surface area contributed by atoms with Crippen molar-refractivity contribution < 1.29 is 14.7 Å². The Bertz CT molecular complexity index is 765. The Balaban J connectivity index is 2.39. The van der Waals surface area contributed by atoms with Gasteiger partial charge in [0.15, 0.2) is 0 Å². The van der Waals surface area contributed by atoms with Crippen molar-refractivity contribution in [1.29, 1.82) is 0 Å². The molecule has 0 saturated heterocycles. The molecule has 0 fully saturated rings. The van der Waals surface area contributed by atoms with E-state index in [9.17, 15) is 9.59 Å². The van der Waals surface area contributed by atoms with Gasteiger partial charge in [-0.3, -0.25) is 9.59 Å². The van der Waals surface area contributed by atoms with E-state index in [2.05, 4.69) is 5.10 Å². The topological polar surface area (TPSA) is 75.4 Å². The molecule has 1 aromatic carbocycles. The number of rotatable bonds is 6. The number of aliphatic carboxylic acids is 1. The summed E-state index contributed by atoms with van der Waals surface area (Å²) in [6.07, 6.45) is 2.22. The van der Waals surface area contributed by atoms with Gasteiger partial charge in [0.2, 0.25) is 0 Å². The van der Waals surface area contributed by atoms with Gasteiger partial charge < -0.3 is 10.0 Å². The number of hydrogen-bond donors (Lipinski definition) is 1. The van der Waals surface area contributed by atoms with Crippen LogP contribution in [0.25, 0.3) is 5.69 Å². The zero-order valence-electron chi connectivity index (χ0n) is 14.5. The Morgan fingerprint density at radius 1 is 1.25 bits per heavy atom. The van der Waals surface area contributed by atoms with Gasteiger partial charge in [-0.2, -0.15) is 5.10 Å². The third-order valence-electron chi connectivity index (χ3n) is 3.94. The Kier molecular flexibility index (Phi) is 5.39. The number of benzene rings is 1. The fourth-order valence-electron chi connectivity index (χ4n) is 2.67. The van der Waals surface area contributed by atoms with Crippen LogP contribution >= 0.6 is 0 Å². The van der Waals surface area contributed by atoms with Crippen molar-refractivity contribution in [1.82, 2.24) is 14.7 Å². The molecule has 0 saturated carbocycles. The summed E-state index contributed by atoms with van der Waals surface area (Å²) in [6, 6.07) is 6.06. The van der Waals surface area contributed by atoms with Crippen LogP contribution < -0.4 is 0 Å². The van der Waals surface area contributed by atoms with Crippen molar-refractivity contribution in [3.63, 3.8) is 0 Å². The van der Waals surface area contributed by atoms with E-state index in [1.807, 2.05) is 45.9 Å². The summed E-state index contributed by atoms with van der Waals surface area (Å²) in [6.45, 7) is 7.83. The number of aryl methyl sites for hydroxylation is 2. The molecule has 0 aliphatic rings. The molecular weight excluding hydrogens is 306 g/mol. The van der Waals surface area contributed by atoms with Crippen molar-refractivity contribution >= 4 is 11.9 Å². The zero-order chi connectivity index (χ0) is 17.9. The first-order valence-corrected chi connectivity index (χ1v) is 7.98. The summed E-state index contributed by atoms with van der Waals surface area (Å²) in [5.74, 6) is -1.32. The minimum absolute atomic E-state index is 0.298. The first-order chi connectivity index (χ1) is 11.3. The molecule has 1 N–H and O–H groups in total. The van der Waals surface area contributed by atoms with Crippen LogP contribution in [0.2, 0.25) is 0 Å². The Morgan fingerprint density at radius 2 is 1.96 bits per heavy atom. The minimum Gasteiger partial charge on any atom is -0.480 e. The van der Waals surface area contributed by atoms with Crippen LogP contribution in [-0.2, 0) is 4.79 Å². The highest BCUT2D eigenvalue weighted by molar-refractivity contribution is 5.96. The Hall–Kier alpha value is -2.63. The van der Waals surface area contributed by atoms with Crippen molar-refractivity contribution in [2.24, 2.45) is 0 Å². The maximum atomic E-state index is 12.7. The van der Waals surface area contributed by atoms with Crippen molar-refractivity contribution in [2.75, 3.05) is 13.1 Å². The quantitative estimate of drug-likeness (QED) is 0.884. The summed E-state index contributed by atoms with van der Waals surface area (Å²) in [5.41, 5.74) is 4.23. The number of amides is 1. The highest BCUT2D eigenvalue weighted by atomic mass is 16.4. The molecule has 0 aliphatic carbocycles. The molecule has 0 radical (unpaired) electrons. The SMILES string of the molecule is CCCN(CC(=O)O)C(=O)c1cnn(-c2cc(C)ccc2C)c1C. The highest BCUT2D eigenvalue weighted by Crippen LogP contribution is 2.20. The van der Waals surface area contributed by atoms with E-state index in [1.54, 1.807) is 4.68 Å². The molecule has 0 atom stereocenters. The van der Waals surface area contributed by atoms with E-state index in [0.717, 1.165) is 16.8 Å². The molecule has 0 spiro atoms. The number of hydrogen-bond acceptors (Lipinski definition) is 3. The minimum atomic E-state index is -1.02. The molecule has 2 aromatic rings. The maximum absolute atomic E-state index is 12.7. The summed E-state index contributed by atoms with van der Waals surface area (Å²) in [7, 11) is 0. The first-order valence-electron chi connectivity index (χ1n) is 7.98. The van der Waals surface area contributed by atoms with Crippen LogP contribution in [0.3, 0.4) is 0 Å². The normalized spacial score (nSPS) is 10.7. The largest absolute Gasteiger partial charge is 0.480 e. The first kappa shape index (κ1) is 17.7. The highest BCUT2D eigenvalue weighted by Gasteiger charge is 2.22. The van der Waals surface area contributed by atoms with Crippen LogP contribution in [0.1, 0.15) is 40.5 Å². The smallest absolute Gasteiger partial charge is 0.323 e. The third-order valence-corrected chi connectivity index (χ3v) is 3.94. The lowest BCUT2D eigenvalue weighted by molar-refractivity contribution is -0.137. The van der Waals surface area contributed by atoms with Gasteiger partial charge in [-0.25, -0.2) is 4.68 Å². The van der Waals surface area contributed by atoms with Gasteiger partial charge in [-0.1, -0.05) is 19.1 Å².